The predicted molar refractivity (Wildman–Crippen MR) is 112 cm³/mol. The maximum absolute atomic E-state index is 15.5. The molecule has 7 nitrogen and oxygen atoms in total. The van der Waals surface area contributed by atoms with E-state index < -0.39 is 5.82 Å². The number of nitrogens with one attached hydrogen (secondary N) is 1. The van der Waals surface area contributed by atoms with Gasteiger partial charge in [-0.25, -0.2) is 9.37 Å². The highest BCUT2D eigenvalue weighted by molar-refractivity contribution is 5.90. The van der Waals surface area contributed by atoms with Crippen molar-refractivity contribution in [2.75, 3.05) is 18.5 Å². The normalized spacial score (nSPS) is 16.3. The minimum absolute atomic E-state index is 0.199. The number of ether oxygens (including phenoxy) is 1. The van der Waals surface area contributed by atoms with Crippen molar-refractivity contribution in [1.29, 1.82) is 0 Å². The lowest BCUT2D eigenvalue weighted by Crippen LogP contribution is -2.09. The van der Waals surface area contributed by atoms with Crippen LogP contribution in [0, 0.1) is 19.7 Å². The lowest BCUT2D eigenvalue weighted by Gasteiger charge is -2.15. The van der Waals surface area contributed by atoms with E-state index in [0.29, 0.717) is 29.2 Å². The Bertz CT molecular complexity index is 1220. The van der Waals surface area contributed by atoms with Gasteiger partial charge in [0.2, 0.25) is 0 Å². The van der Waals surface area contributed by atoms with E-state index >= 15 is 4.39 Å². The van der Waals surface area contributed by atoms with Crippen LogP contribution in [0.1, 0.15) is 23.7 Å². The van der Waals surface area contributed by atoms with Crippen molar-refractivity contribution < 1.29 is 9.13 Å². The van der Waals surface area contributed by atoms with E-state index in [2.05, 4.69) is 20.3 Å². The molecule has 152 valence electrons. The van der Waals surface area contributed by atoms with Crippen molar-refractivity contribution in [3.05, 3.63) is 59.9 Å². The van der Waals surface area contributed by atoms with Crippen molar-refractivity contribution in [2.45, 2.75) is 26.3 Å². The fourth-order valence-electron chi connectivity index (χ4n) is 3.68. The molecule has 1 aliphatic heterocycles. The summed E-state index contributed by atoms with van der Waals surface area (Å²) in [5, 5.41) is 7.96. The zero-order chi connectivity index (χ0) is 20.7. The largest absolute Gasteiger partial charge is 0.379 e. The van der Waals surface area contributed by atoms with Crippen LogP contribution in [0.25, 0.3) is 22.4 Å². The highest BCUT2D eigenvalue weighted by Crippen LogP contribution is 2.33. The number of fused-ring (bicyclic) bond motifs is 1. The molecule has 30 heavy (non-hydrogen) atoms. The number of halogens is 1. The summed E-state index contributed by atoms with van der Waals surface area (Å²) in [4.78, 5) is 13.1. The molecule has 0 amide bonds. The number of pyridine rings is 3. The van der Waals surface area contributed by atoms with E-state index in [4.69, 9.17) is 9.84 Å². The summed E-state index contributed by atoms with van der Waals surface area (Å²) >= 11 is 0. The lowest BCUT2D eigenvalue weighted by atomic mass is 10.1. The second-order valence-corrected chi connectivity index (χ2v) is 7.42. The first kappa shape index (κ1) is 18.6. The minimum atomic E-state index is -0.439. The SMILES string of the molecule is Cc1nc(-c2ccccn2)c(F)c(Nc2ccnc3cn([C@H]4CCOC4)nc23)c1C. The third-order valence-electron chi connectivity index (χ3n) is 5.49. The van der Waals surface area contributed by atoms with Crippen LogP contribution in [0.3, 0.4) is 0 Å². The molecule has 1 atom stereocenters. The van der Waals surface area contributed by atoms with E-state index in [1.54, 1.807) is 30.6 Å². The molecular formula is C22H21FN6O. The van der Waals surface area contributed by atoms with Crippen molar-refractivity contribution in [1.82, 2.24) is 24.7 Å². The standard InChI is InChI=1S/C22H21FN6O/c1-13-14(2)26-22(16-5-3-4-8-24-16)19(23)20(13)27-17-6-9-25-18-11-29(28-21(17)18)15-7-10-30-12-15/h3-6,8-9,11,15H,7,10,12H2,1-2H3,(H,26,27)/t15-/m0/s1. The van der Waals surface area contributed by atoms with Gasteiger partial charge in [0.15, 0.2) is 5.82 Å². The molecule has 8 heteroatoms. The van der Waals surface area contributed by atoms with E-state index in [-0.39, 0.29) is 11.7 Å². The molecule has 0 aromatic carbocycles. The van der Waals surface area contributed by atoms with Gasteiger partial charge in [0, 0.05) is 24.7 Å². The Kier molecular flexibility index (Phi) is 4.63. The molecule has 5 heterocycles. The molecule has 0 aliphatic carbocycles. The zero-order valence-corrected chi connectivity index (χ0v) is 16.8. The first-order valence-corrected chi connectivity index (χ1v) is 9.88. The Hall–Kier alpha value is -3.39. The molecule has 5 rings (SSSR count). The number of aromatic nitrogens is 5. The molecule has 4 aromatic heterocycles. The summed E-state index contributed by atoms with van der Waals surface area (Å²) in [5.74, 6) is -0.439. The van der Waals surface area contributed by atoms with Gasteiger partial charge in [-0.2, -0.15) is 5.10 Å². The van der Waals surface area contributed by atoms with Crippen LogP contribution < -0.4 is 5.32 Å². The molecule has 0 unspecified atom stereocenters. The number of hydrogen-bond donors (Lipinski definition) is 1. The van der Waals surface area contributed by atoms with Crippen molar-refractivity contribution >= 4 is 22.4 Å². The minimum Gasteiger partial charge on any atom is -0.379 e. The van der Waals surface area contributed by atoms with Crippen LogP contribution in [0.15, 0.2) is 42.9 Å². The molecule has 1 aliphatic rings. The van der Waals surface area contributed by atoms with Crippen LogP contribution >= 0.6 is 0 Å². The Labute approximate surface area is 173 Å². The van der Waals surface area contributed by atoms with Crippen LogP contribution in [0.2, 0.25) is 0 Å². The number of nitrogens with zero attached hydrogens (tertiary/aromatic N) is 5. The Morgan fingerprint density at radius 3 is 2.83 bits per heavy atom. The first-order chi connectivity index (χ1) is 14.6. The van der Waals surface area contributed by atoms with Gasteiger partial charge in [-0.15, -0.1) is 0 Å². The highest BCUT2D eigenvalue weighted by atomic mass is 19.1. The topological polar surface area (TPSA) is 77.8 Å². The summed E-state index contributed by atoms with van der Waals surface area (Å²) < 4.78 is 22.9. The maximum atomic E-state index is 15.5. The van der Waals surface area contributed by atoms with E-state index in [1.807, 2.05) is 30.8 Å². The van der Waals surface area contributed by atoms with E-state index in [1.165, 1.54) is 0 Å². The second-order valence-electron chi connectivity index (χ2n) is 7.42. The molecule has 0 saturated carbocycles. The van der Waals surface area contributed by atoms with Crippen LogP contribution in [0.4, 0.5) is 15.8 Å². The zero-order valence-electron chi connectivity index (χ0n) is 16.8. The molecule has 4 aromatic rings. The Balaban J connectivity index is 1.59. The smallest absolute Gasteiger partial charge is 0.174 e. The van der Waals surface area contributed by atoms with Crippen LogP contribution in [-0.2, 0) is 4.74 Å². The quantitative estimate of drug-likeness (QED) is 0.545. The molecule has 1 fully saturated rings. The number of aryl methyl sites for hydroxylation is 1. The third kappa shape index (κ3) is 3.19. The molecule has 1 saturated heterocycles. The predicted octanol–water partition coefficient (Wildman–Crippen LogP) is 4.35. The highest BCUT2D eigenvalue weighted by Gasteiger charge is 2.22. The van der Waals surface area contributed by atoms with Gasteiger partial charge in [0.25, 0.3) is 0 Å². The molecular weight excluding hydrogens is 383 g/mol. The van der Waals surface area contributed by atoms with Crippen molar-refractivity contribution in [2.24, 2.45) is 0 Å². The summed E-state index contributed by atoms with van der Waals surface area (Å²) in [6.07, 6.45) is 6.16. The fraction of sp³-hybridized carbons (Fsp3) is 0.273. The average Bonchev–Trinajstić information content (AvgIpc) is 3.44. The summed E-state index contributed by atoms with van der Waals surface area (Å²) in [6.45, 7) is 5.09. The van der Waals surface area contributed by atoms with Gasteiger partial charge in [0.05, 0.1) is 35.9 Å². The molecule has 0 radical (unpaired) electrons. The van der Waals surface area contributed by atoms with Gasteiger partial charge < -0.3 is 10.1 Å². The van der Waals surface area contributed by atoms with E-state index in [9.17, 15) is 0 Å². The molecule has 1 N–H and O–H groups in total. The van der Waals surface area contributed by atoms with Gasteiger partial charge in [-0.3, -0.25) is 14.6 Å². The first-order valence-electron chi connectivity index (χ1n) is 9.88. The van der Waals surface area contributed by atoms with Gasteiger partial charge in [-0.1, -0.05) is 6.07 Å². The third-order valence-corrected chi connectivity index (χ3v) is 5.49. The summed E-state index contributed by atoms with van der Waals surface area (Å²) in [6, 6.07) is 7.36. The second kappa shape index (κ2) is 7.46. The average molecular weight is 404 g/mol. The summed E-state index contributed by atoms with van der Waals surface area (Å²) in [7, 11) is 0. The van der Waals surface area contributed by atoms with E-state index in [0.717, 1.165) is 29.8 Å². The molecule has 0 bridgehead atoms. The monoisotopic (exact) mass is 404 g/mol. The number of anilines is 2. The number of rotatable bonds is 4. The van der Waals surface area contributed by atoms with Crippen molar-refractivity contribution in [3.8, 4) is 11.4 Å². The fourth-order valence-corrected chi connectivity index (χ4v) is 3.68. The van der Waals surface area contributed by atoms with Crippen LogP contribution in [-0.4, -0.2) is 37.9 Å². The van der Waals surface area contributed by atoms with Gasteiger partial charge in [-0.05, 0) is 44.0 Å². The maximum Gasteiger partial charge on any atom is 0.174 e. The van der Waals surface area contributed by atoms with Gasteiger partial charge in [0.1, 0.15) is 16.7 Å². The Morgan fingerprint density at radius 2 is 2.07 bits per heavy atom. The number of hydrogen-bond acceptors (Lipinski definition) is 6. The van der Waals surface area contributed by atoms with Crippen LogP contribution in [0.5, 0.6) is 0 Å². The molecule has 0 spiro atoms. The summed E-state index contributed by atoms with van der Waals surface area (Å²) in [5.41, 5.74) is 4.69. The van der Waals surface area contributed by atoms with Gasteiger partial charge >= 0.3 is 0 Å². The Morgan fingerprint density at radius 1 is 1.17 bits per heavy atom. The lowest BCUT2D eigenvalue weighted by molar-refractivity contribution is 0.184. The van der Waals surface area contributed by atoms with Crippen molar-refractivity contribution in [3.63, 3.8) is 0 Å².